The summed E-state index contributed by atoms with van der Waals surface area (Å²) in [7, 11) is 0. The van der Waals surface area contributed by atoms with Crippen LogP contribution in [-0.2, 0) is 24.0 Å². The summed E-state index contributed by atoms with van der Waals surface area (Å²) in [5, 5.41) is 25.5. The summed E-state index contributed by atoms with van der Waals surface area (Å²) in [5.74, 6) is -3.98. The lowest BCUT2D eigenvalue weighted by atomic mass is 10.1. The molecule has 0 saturated carbocycles. The summed E-state index contributed by atoms with van der Waals surface area (Å²) in [5.41, 5.74) is 10.5. The predicted octanol–water partition coefficient (Wildman–Crippen LogP) is -3.12. The van der Waals surface area contributed by atoms with Gasteiger partial charge < -0.3 is 37.6 Å². The van der Waals surface area contributed by atoms with Gasteiger partial charge in [0.1, 0.15) is 12.1 Å². The number of thioether (sulfide) groups is 1. The molecule has 0 aliphatic carbocycles. The Morgan fingerprint density at radius 3 is 2.03 bits per heavy atom. The second kappa shape index (κ2) is 13.0. The van der Waals surface area contributed by atoms with Crippen LogP contribution in [0.4, 0.5) is 0 Å². The number of carbonyl (C=O) groups excluding carboxylic acids is 4. The van der Waals surface area contributed by atoms with E-state index in [1.54, 1.807) is 6.26 Å². The molecule has 12 nitrogen and oxygen atoms in total. The van der Waals surface area contributed by atoms with Gasteiger partial charge in [0.05, 0.1) is 18.6 Å². The summed E-state index contributed by atoms with van der Waals surface area (Å²) >= 11 is 1.41. The van der Waals surface area contributed by atoms with Gasteiger partial charge in [-0.1, -0.05) is 0 Å². The van der Waals surface area contributed by atoms with E-state index in [4.69, 9.17) is 16.6 Å². The maximum atomic E-state index is 12.4. The minimum Gasteiger partial charge on any atom is -0.480 e. The maximum absolute atomic E-state index is 12.4. The highest BCUT2D eigenvalue weighted by molar-refractivity contribution is 7.98. The molecule has 166 valence electrons. The Morgan fingerprint density at radius 1 is 1.00 bits per heavy atom. The molecule has 0 heterocycles. The monoisotopic (exact) mass is 435 g/mol. The van der Waals surface area contributed by atoms with Crippen LogP contribution in [0.5, 0.6) is 0 Å². The van der Waals surface area contributed by atoms with Gasteiger partial charge in [-0.25, -0.2) is 4.79 Å². The lowest BCUT2D eigenvalue weighted by molar-refractivity contribution is -0.145. The number of nitrogens with one attached hydrogen (secondary N) is 3. The number of hydrogen-bond acceptors (Lipinski definition) is 8. The third-order valence-electron chi connectivity index (χ3n) is 3.80. The Bertz CT molecular complexity index is 616. The molecular weight excluding hydrogens is 406 g/mol. The van der Waals surface area contributed by atoms with E-state index < -0.39 is 66.3 Å². The molecule has 0 aromatic rings. The number of hydrogen-bond donors (Lipinski definition) is 7. The number of amides is 4. The minimum atomic E-state index is -1.54. The summed E-state index contributed by atoms with van der Waals surface area (Å²) < 4.78 is 0. The SMILES string of the molecule is CSCCC(NC(=O)C(C)NC(=O)C(N)CC(N)=O)C(=O)NC(C(=O)O)C(C)O. The molecule has 0 spiro atoms. The molecule has 0 fully saturated rings. The third kappa shape index (κ3) is 10.1. The largest absolute Gasteiger partial charge is 0.480 e. The van der Waals surface area contributed by atoms with Gasteiger partial charge >= 0.3 is 5.97 Å². The van der Waals surface area contributed by atoms with Gasteiger partial charge in [0.15, 0.2) is 6.04 Å². The highest BCUT2D eigenvalue weighted by atomic mass is 32.2. The lowest BCUT2D eigenvalue weighted by Gasteiger charge is -2.24. The van der Waals surface area contributed by atoms with Gasteiger partial charge in [-0.3, -0.25) is 19.2 Å². The smallest absolute Gasteiger partial charge is 0.328 e. The van der Waals surface area contributed by atoms with Crippen LogP contribution < -0.4 is 27.4 Å². The number of aliphatic carboxylic acids is 1. The van der Waals surface area contributed by atoms with E-state index >= 15 is 0 Å². The van der Waals surface area contributed by atoms with E-state index in [1.807, 2.05) is 0 Å². The highest BCUT2D eigenvalue weighted by Gasteiger charge is 2.30. The first kappa shape index (κ1) is 26.6. The van der Waals surface area contributed by atoms with E-state index in [-0.39, 0.29) is 6.42 Å². The Labute approximate surface area is 172 Å². The molecule has 13 heteroatoms. The Kier molecular flexibility index (Phi) is 11.9. The van der Waals surface area contributed by atoms with E-state index in [1.165, 1.54) is 25.6 Å². The Balaban J connectivity index is 5.04. The summed E-state index contributed by atoms with van der Waals surface area (Å²) in [6.45, 7) is 2.56. The van der Waals surface area contributed by atoms with E-state index in [0.29, 0.717) is 5.75 Å². The minimum absolute atomic E-state index is 0.187. The van der Waals surface area contributed by atoms with Crippen molar-refractivity contribution in [2.45, 2.75) is 57.0 Å². The molecule has 0 aromatic carbocycles. The molecule has 0 aliphatic rings. The van der Waals surface area contributed by atoms with E-state index in [0.717, 1.165) is 0 Å². The third-order valence-corrected chi connectivity index (χ3v) is 4.44. The van der Waals surface area contributed by atoms with Crippen molar-refractivity contribution >= 4 is 41.4 Å². The van der Waals surface area contributed by atoms with Gasteiger partial charge in [0.25, 0.3) is 0 Å². The van der Waals surface area contributed by atoms with E-state index in [9.17, 15) is 29.1 Å². The van der Waals surface area contributed by atoms with Crippen molar-refractivity contribution < 1.29 is 34.2 Å². The van der Waals surface area contributed by atoms with Crippen LogP contribution in [0.2, 0.25) is 0 Å². The molecular formula is C16H29N5O7S. The first-order valence-corrected chi connectivity index (χ1v) is 10.1. The summed E-state index contributed by atoms with van der Waals surface area (Å²) in [6, 6.07) is -4.94. The second-order valence-electron chi connectivity index (χ2n) is 6.41. The topological polar surface area (TPSA) is 214 Å². The van der Waals surface area contributed by atoms with Crippen molar-refractivity contribution in [3.05, 3.63) is 0 Å². The second-order valence-corrected chi connectivity index (χ2v) is 7.40. The molecule has 4 amide bonds. The van der Waals surface area contributed by atoms with Gasteiger partial charge in [-0.05, 0) is 32.3 Å². The number of aliphatic hydroxyl groups is 1. The molecule has 29 heavy (non-hydrogen) atoms. The average Bonchev–Trinajstić information content (AvgIpc) is 2.61. The van der Waals surface area contributed by atoms with Crippen LogP contribution in [0, 0.1) is 0 Å². The zero-order chi connectivity index (χ0) is 22.7. The van der Waals surface area contributed by atoms with Crippen LogP contribution in [0.1, 0.15) is 26.7 Å². The molecule has 9 N–H and O–H groups in total. The van der Waals surface area contributed by atoms with Crippen molar-refractivity contribution in [1.82, 2.24) is 16.0 Å². The molecule has 5 atom stereocenters. The number of aliphatic hydroxyl groups excluding tert-OH is 1. The fourth-order valence-corrected chi connectivity index (χ4v) is 2.61. The van der Waals surface area contributed by atoms with Gasteiger partial charge in [-0.2, -0.15) is 11.8 Å². The molecule has 0 aliphatic heterocycles. The number of carboxylic acids is 1. The molecule has 0 aromatic heterocycles. The van der Waals surface area contributed by atoms with E-state index in [2.05, 4.69) is 16.0 Å². The first-order valence-electron chi connectivity index (χ1n) is 8.75. The number of carboxylic acid groups (broad SMARTS) is 1. The van der Waals surface area contributed by atoms with Crippen molar-refractivity contribution in [2.75, 3.05) is 12.0 Å². The van der Waals surface area contributed by atoms with Crippen molar-refractivity contribution in [1.29, 1.82) is 0 Å². The van der Waals surface area contributed by atoms with Crippen LogP contribution in [0.3, 0.4) is 0 Å². The molecule has 5 unspecified atom stereocenters. The normalized spacial score (nSPS) is 15.9. The van der Waals surface area contributed by atoms with Crippen molar-refractivity contribution in [2.24, 2.45) is 11.5 Å². The number of nitrogens with two attached hydrogens (primary N) is 2. The van der Waals surface area contributed by atoms with Crippen LogP contribution in [0.25, 0.3) is 0 Å². The fourth-order valence-electron chi connectivity index (χ4n) is 2.14. The Morgan fingerprint density at radius 2 is 1.59 bits per heavy atom. The predicted molar refractivity (Wildman–Crippen MR) is 106 cm³/mol. The Hall–Kier alpha value is -2.38. The van der Waals surface area contributed by atoms with Crippen LogP contribution >= 0.6 is 11.8 Å². The van der Waals surface area contributed by atoms with Crippen molar-refractivity contribution in [3.8, 4) is 0 Å². The van der Waals surface area contributed by atoms with Crippen LogP contribution in [0.15, 0.2) is 0 Å². The average molecular weight is 436 g/mol. The molecule has 0 bridgehead atoms. The zero-order valence-electron chi connectivity index (χ0n) is 16.5. The number of rotatable bonds is 13. The summed E-state index contributed by atoms with van der Waals surface area (Å²) in [4.78, 5) is 58.6. The van der Waals surface area contributed by atoms with Gasteiger partial charge in [-0.15, -0.1) is 0 Å². The molecule has 0 rings (SSSR count). The maximum Gasteiger partial charge on any atom is 0.328 e. The first-order chi connectivity index (χ1) is 13.4. The highest BCUT2D eigenvalue weighted by Crippen LogP contribution is 2.04. The standard InChI is InChI=1S/C16H29N5O7S/c1-7(19-14(25)9(17)6-11(18)23)13(24)20-10(4-5-29-3)15(26)21-12(8(2)22)16(27)28/h7-10,12,22H,4-6,17H2,1-3H3,(H2,18,23)(H,19,25)(H,20,24)(H,21,26)(H,27,28). The number of primary amides is 1. The van der Waals surface area contributed by atoms with Gasteiger partial charge in [0, 0.05) is 0 Å². The van der Waals surface area contributed by atoms with Crippen LogP contribution in [-0.4, -0.2) is 82.1 Å². The fraction of sp³-hybridized carbons (Fsp3) is 0.688. The lowest BCUT2D eigenvalue weighted by Crippen LogP contribution is -2.58. The molecule has 0 radical (unpaired) electrons. The molecule has 0 saturated heterocycles. The zero-order valence-corrected chi connectivity index (χ0v) is 17.3. The van der Waals surface area contributed by atoms with Crippen molar-refractivity contribution in [3.63, 3.8) is 0 Å². The number of carbonyl (C=O) groups is 5. The van der Waals surface area contributed by atoms with Gasteiger partial charge in [0.2, 0.25) is 23.6 Å². The quantitative estimate of drug-likeness (QED) is 0.155. The summed E-state index contributed by atoms with van der Waals surface area (Å²) in [6.07, 6.45) is 0.232.